The maximum atomic E-state index is 5.59. The minimum Gasteiger partial charge on any atom is -0.497 e. The van der Waals surface area contributed by atoms with Crippen LogP contribution < -0.4 is 20.5 Å². The van der Waals surface area contributed by atoms with E-state index in [1.807, 2.05) is 12.1 Å². The zero-order valence-electron chi connectivity index (χ0n) is 10.2. The van der Waals surface area contributed by atoms with Crippen molar-refractivity contribution in [3.8, 4) is 17.4 Å². The van der Waals surface area contributed by atoms with Gasteiger partial charge in [-0.25, -0.2) is 0 Å². The van der Waals surface area contributed by atoms with Crippen molar-refractivity contribution in [2.24, 2.45) is 0 Å². The maximum Gasteiger partial charge on any atom is 0.226 e. The van der Waals surface area contributed by atoms with Crippen LogP contribution in [-0.4, -0.2) is 24.1 Å². The average Bonchev–Trinajstić information content (AvgIpc) is 2.38. The van der Waals surface area contributed by atoms with E-state index in [-0.39, 0.29) is 5.95 Å². The minimum atomic E-state index is 0.153. The fourth-order valence-electron chi connectivity index (χ4n) is 1.41. The Bertz CT molecular complexity index is 545. The van der Waals surface area contributed by atoms with Crippen molar-refractivity contribution in [3.63, 3.8) is 0 Å². The van der Waals surface area contributed by atoms with Gasteiger partial charge in [0.1, 0.15) is 17.3 Å². The Morgan fingerprint density at radius 1 is 1.17 bits per heavy atom. The van der Waals surface area contributed by atoms with Crippen molar-refractivity contribution < 1.29 is 9.47 Å². The number of nitrogens with two attached hydrogens (primary N) is 1. The zero-order chi connectivity index (χ0) is 13.0. The molecule has 18 heavy (non-hydrogen) atoms. The molecule has 2 aromatic rings. The van der Waals surface area contributed by atoms with Gasteiger partial charge in [-0.3, -0.25) is 0 Å². The van der Waals surface area contributed by atoms with Crippen LogP contribution >= 0.6 is 0 Å². The van der Waals surface area contributed by atoms with Crippen molar-refractivity contribution in [1.82, 2.24) is 9.97 Å². The lowest BCUT2D eigenvalue weighted by Crippen LogP contribution is -2.01. The quantitative estimate of drug-likeness (QED) is 0.857. The first-order valence-electron chi connectivity index (χ1n) is 5.35. The zero-order valence-corrected chi connectivity index (χ0v) is 10.2. The highest BCUT2D eigenvalue weighted by Crippen LogP contribution is 2.25. The second kappa shape index (κ2) is 5.22. The number of ether oxygens (including phenoxy) is 2. The van der Waals surface area contributed by atoms with Crippen molar-refractivity contribution in [2.45, 2.75) is 0 Å². The Morgan fingerprint density at radius 2 is 1.94 bits per heavy atom. The number of nitrogens with zero attached hydrogens (tertiary/aromatic N) is 2. The fraction of sp³-hybridized carbons (Fsp3) is 0.167. The SMILES string of the molecule is CNc1cc(Oc2cccc(OC)c2)nc(N)n1. The molecule has 0 aliphatic heterocycles. The van der Waals surface area contributed by atoms with E-state index in [0.717, 1.165) is 0 Å². The Morgan fingerprint density at radius 3 is 2.67 bits per heavy atom. The van der Waals surface area contributed by atoms with E-state index in [0.29, 0.717) is 23.2 Å². The molecule has 94 valence electrons. The number of hydrogen-bond acceptors (Lipinski definition) is 6. The lowest BCUT2D eigenvalue weighted by molar-refractivity contribution is 0.407. The molecule has 2 rings (SSSR count). The number of nitrogen functional groups attached to an aromatic ring is 1. The molecule has 1 aromatic carbocycles. The highest BCUT2D eigenvalue weighted by molar-refractivity contribution is 5.44. The van der Waals surface area contributed by atoms with Gasteiger partial charge in [0.2, 0.25) is 11.8 Å². The van der Waals surface area contributed by atoms with Gasteiger partial charge in [0.25, 0.3) is 0 Å². The third kappa shape index (κ3) is 2.79. The molecule has 0 fully saturated rings. The van der Waals surface area contributed by atoms with Crippen LogP contribution in [0.25, 0.3) is 0 Å². The Kier molecular flexibility index (Phi) is 3.47. The number of anilines is 2. The van der Waals surface area contributed by atoms with Gasteiger partial charge < -0.3 is 20.5 Å². The van der Waals surface area contributed by atoms with Crippen LogP contribution in [0.4, 0.5) is 11.8 Å². The molecule has 0 radical (unpaired) electrons. The summed E-state index contributed by atoms with van der Waals surface area (Å²) in [4.78, 5) is 7.97. The van der Waals surface area contributed by atoms with Gasteiger partial charge in [-0.05, 0) is 12.1 Å². The predicted molar refractivity (Wildman–Crippen MR) is 69.1 cm³/mol. The molecule has 1 aromatic heterocycles. The fourth-order valence-corrected chi connectivity index (χ4v) is 1.41. The van der Waals surface area contributed by atoms with E-state index in [1.165, 1.54) is 0 Å². The van der Waals surface area contributed by atoms with Crippen LogP contribution in [0.3, 0.4) is 0 Å². The largest absolute Gasteiger partial charge is 0.497 e. The summed E-state index contributed by atoms with van der Waals surface area (Å²) in [6, 6.07) is 8.89. The summed E-state index contributed by atoms with van der Waals surface area (Å²) in [7, 11) is 3.35. The van der Waals surface area contributed by atoms with E-state index in [1.54, 1.807) is 32.4 Å². The van der Waals surface area contributed by atoms with E-state index < -0.39 is 0 Å². The Balaban J connectivity index is 2.24. The third-order valence-electron chi connectivity index (χ3n) is 2.24. The van der Waals surface area contributed by atoms with Crippen LogP contribution in [-0.2, 0) is 0 Å². The summed E-state index contributed by atoms with van der Waals surface area (Å²) < 4.78 is 10.7. The van der Waals surface area contributed by atoms with Crippen molar-refractivity contribution in [2.75, 3.05) is 25.2 Å². The summed E-state index contributed by atoms with van der Waals surface area (Å²) >= 11 is 0. The second-order valence-electron chi connectivity index (χ2n) is 3.48. The maximum absolute atomic E-state index is 5.59. The summed E-state index contributed by atoms with van der Waals surface area (Å²) in [5, 5.41) is 2.88. The summed E-state index contributed by atoms with van der Waals surface area (Å²) in [5.74, 6) is 2.46. The highest BCUT2D eigenvalue weighted by Gasteiger charge is 2.04. The monoisotopic (exact) mass is 246 g/mol. The van der Waals surface area contributed by atoms with Crippen molar-refractivity contribution >= 4 is 11.8 Å². The number of aromatic nitrogens is 2. The van der Waals surface area contributed by atoms with Crippen molar-refractivity contribution in [3.05, 3.63) is 30.3 Å². The van der Waals surface area contributed by atoms with E-state index in [9.17, 15) is 0 Å². The third-order valence-corrected chi connectivity index (χ3v) is 2.24. The smallest absolute Gasteiger partial charge is 0.226 e. The predicted octanol–water partition coefficient (Wildman–Crippen LogP) is 1.90. The van der Waals surface area contributed by atoms with Gasteiger partial charge in [0.05, 0.1) is 7.11 Å². The lowest BCUT2D eigenvalue weighted by atomic mass is 10.3. The number of nitrogens with one attached hydrogen (secondary N) is 1. The molecule has 0 atom stereocenters. The van der Waals surface area contributed by atoms with Gasteiger partial charge in [-0.1, -0.05) is 6.07 Å². The van der Waals surface area contributed by atoms with Gasteiger partial charge in [-0.2, -0.15) is 9.97 Å². The first-order chi connectivity index (χ1) is 8.71. The molecule has 6 nitrogen and oxygen atoms in total. The number of hydrogen-bond donors (Lipinski definition) is 2. The van der Waals surface area contributed by atoms with Gasteiger partial charge >= 0.3 is 0 Å². The lowest BCUT2D eigenvalue weighted by Gasteiger charge is -2.08. The molecule has 0 bridgehead atoms. The van der Waals surface area contributed by atoms with E-state index in [4.69, 9.17) is 15.2 Å². The molecule has 0 spiro atoms. The highest BCUT2D eigenvalue weighted by atomic mass is 16.5. The summed E-state index contributed by atoms with van der Waals surface area (Å²) in [6.07, 6.45) is 0. The van der Waals surface area contributed by atoms with Crippen LogP contribution in [0, 0.1) is 0 Å². The Hall–Kier alpha value is -2.50. The Labute approximate surface area is 105 Å². The van der Waals surface area contributed by atoms with Crippen molar-refractivity contribution in [1.29, 1.82) is 0 Å². The topological polar surface area (TPSA) is 82.3 Å². The van der Waals surface area contributed by atoms with Gasteiger partial charge in [0.15, 0.2) is 0 Å². The first-order valence-corrected chi connectivity index (χ1v) is 5.35. The molecular weight excluding hydrogens is 232 g/mol. The molecule has 0 saturated carbocycles. The first kappa shape index (κ1) is 12.0. The van der Waals surface area contributed by atoms with Gasteiger partial charge in [0, 0.05) is 19.2 Å². The molecule has 0 unspecified atom stereocenters. The number of benzene rings is 1. The molecule has 3 N–H and O–H groups in total. The molecule has 6 heteroatoms. The number of methoxy groups -OCH3 is 1. The van der Waals surface area contributed by atoms with Gasteiger partial charge in [-0.15, -0.1) is 0 Å². The standard InChI is InChI=1S/C12H14N4O2/c1-14-10-7-11(16-12(13)15-10)18-9-5-3-4-8(6-9)17-2/h3-7H,1-2H3,(H3,13,14,15,16). The molecule has 0 aliphatic carbocycles. The molecule has 1 heterocycles. The molecule has 0 aliphatic rings. The minimum absolute atomic E-state index is 0.153. The summed E-state index contributed by atoms with van der Waals surface area (Å²) in [6.45, 7) is 0. The van der Waals surface area contributed by atoms with E-state index >= 15 is 0 Å². The summed E-state index contributed by atoms with van der Waals surface area (Å²) in [5.41, 5.74) is 5.58. The second-order valence-corrected chi connectivity index (χ2v) is 3.48. The number of rotatable bonds is 4. The molecule has 0 amide bonds. The molecular formula is C12H14N4O2. The van der Waals surface area contributed by atoms with Crippen LogP contribution in [0.1, 0.15) is 0 Å². The van der Waals surface area contributed by atoms with Crippen LogP contribution in [0.5, 0.6) is 17.4 Å². The average molecular weight is 246 g/mol. The normalized spacial score (nSPS) is 9.89. The van der Waals surface area contributed by atoms with Crippen LogP contribution in [0.2, 0.25) is 0 Å². The van der Waals surface area contributed by atoms with E-state index in [2.05, 4.69) is 15.3 Å². The molecule has 0 saturated heterocycles. The van der Waals surface area contributed by atoms with Crippen LogP contribution in [0.15, 0.2) is 30.3 Å².